The summed E-state index contributed by atoms with van der Waals surface area (Å²) in [4.78, 5) is 40.8. The average molecular weight is 566 g/mol. The molecule has 0 aromatic heterocycles. The number of amides is 3. The standard InChI is InChI=1S/C32H48BN3O5/c1-19(2)28(34-21(4)37)30(39)36-16-8-9-24(36)29(38)35-27(15-14-22-12-10-20(3)11-13-22)33-40-26-18-23-17-25(31(23,5)6)32(26,7)41-33/h10-13,19,23-28H,8-9,14-18H2,1-7H3,(H,34,37)(H,35,38)/t23-,24-,25-,26-,27-,28-,32+/m0/s1. The maximum atomic E-state index is 13.9. The van der Waals surface area contributed by atoms with Gasteiger partial charge in [-0.3, -0.25) is 14.4 Å². The Bertz CT molecular complexity index is 1160. The number of hydrogen-bond acceptors (Lipinski definition) is 5. The molecule has 0 unspecified atom stereocenters. The lowest BCUT2D eigenvalue weighted by atomic mass is 9.43. The van der Waals surface area contributed by atoms with Gasteiger partial charge in [-0.1, -0.05) is 57.5 Å². The molecule has 2 saturated heterocycles. The van der Waals surface area contributed by atoms with Crippen LogP contribution in [0.5, 0.6) is 0 Å². The SMILES string of the molecule is CC(=O)N[C@H](C(=O)N1CCC[C@H]1C(=O)N[C@@H](CCc1ccc(C)cc1)B1O[C@H]2C[C@@H]3C[C@@H](C3(C)C)[C@@]2(C)O1)C(C)C. The van der Waals surface area contributed by atoms with E-state index in [0.29, 0.717) is 31.2 Å². The van der Waals surface area contributed by atoms with Gasteiger partial charge in [0.25, 0.3) is 0 Å². The second-order valence-electron chi connectivity index (χ2n) is 14.1. The van der Waals surface area contributed by atoms with Gasteiger partial charge in [0.15, 0.2) is 0 Å². The number of carbonyl (C=O) groups is 3. The Kier molecular flexibility index (Phi) is 8.34. The van der Waals surface area contributed by atoms with Crippen molar-refractivity contribution in [2.24, 2.45) is 23.2 Å². The van der Waals surface area contributed by atoms with Crippen LogP contribution < -0.4 is 10.6 Å². The van der Waals surface area contributed by atoms with Crippen LogP contribution >= 0.6 is 0 Å². The summed E-state index contributed by atoms with van der Waals surface area (Å²) in [6.45, 7) is 14.7. The summed E-state index contributed by atoms with van der Waals surface area (Å²) in [5.41, 5.74) is 2.28. The summed E-state index contributed by atoms with van der Waals surface area (Å²) >= 11 is 0. The molecule has 7 atom stereocenters. The van der Waals surface area contributed by atoms with E-state index in [4.69, 9.17) is 9.31 Å². The third-order valence-corrected chi connectivity index (χ3v) is 10.6. The first-order valence-corrected chi connectivity index (χ1v) is 15.6. The highest BCUT2D eigenvalue weighted by Crippen LogP contribution is 2.65. The quantitative estimate of drug-likeness (QED) is 0.444. The maximum Gasteiger partial charge on any atom is 0.481 e. The second kappa shape index (κ2) is 11.4. The van der Waals surface area contributed by atoms with Crippen molar-refractivity contribution in [3.05, 3.63) is 35.4 Å². The molecule has 2 N–H and O–H groups in total. The minimum absolute atomic E-state index is 0.0251. The maximum absolute atomic E-state index is 13.9. The predicted octanol–water partition coefficient (Wildman–Crippen LogP) is 3.83. The molecule has 6 rings (SSSR count). The molecule has 2 heterocycles. The monoisotopic (exact) mass is 565 g/mol. The zero-order valence-electron chi connectivity index (χ0n) is 25.9. The van der Waals surface area contributed by atoms with Crippen LogP contribution in [0.25, 0.3) is 0 Å². The van der Waals surface area contributed by atoms with Gasteiger partial charge in [-0.15, -0.1) is 0 Å². The fraction of sp³-hybridized carbons (Fsp3) is 0.719. The van der Waals surface area contributed by atoms with Crippen LogP contribution in [0.15, 0.2) is 24.3 Å². The molecule has 5 fully saturated rings. The van der Waals surface area contributed by atoms with E-state index in [2.05, 4.69) is 62.6 Å². The van der Waals surface area contributed by atoms with Crippen LogP contribution in [0.3, 0.4) is 0 Å². The average Bonchev–Trinajstić information content (AvgIpc) is 3.54. The normalized spacial score (nSPS) is 31.3. The van der Waals surface area contributed by atoms with Crippen molar-refractivity contribution < 1.29 is 23.7 Å². The van der Waals surface area contributed by atoms with E-state index in [1.807, 2.05) is 13.8 Å². The number of nitrogens with one attached hydrogen (secondary N) is 2. The number of carbonyl (C=O) groups excluding carboxylic acids is 3. The summed E-state index contributed by atoms with van der Waals surface area (Å²) in [6.07, 6.45) is 4.97. The molecule has 0 spiro atoms. The van der Waals surface area contributed by atoms with Gasteiger partial charge in [0.2, 0.25) is 17.7 Å². The van der Waals surface area contributed by atoms with Crippen LogP contribution in [0.2, 0.25) is 0 Å². The third kappa shape index (κ3) is 5.68. The lowest BCUT2D eigenvalue weighted by molar-refractivity contribution is -0.199. The number of hydrogen-bond donors (Lipinski definition) is 2. The Morgan fingerprint density at radius 1 is 1.10 bits per heavy atom. The summed E-state index contributed by atoms with van der Waals surface area (Å²) in [5.74, 6) is 0.0223. The fourth-order valence-corrected chi connectivity index (χ4v) is 7.92. The number of aryl methyl sites for hydroxylation is 2. The topological polar surface area (TPSA) is 97.0 Å². The van der Waals surface area contributed by atoms with Crippen LogP contribution in [0.4, 0.5) is 0 Å². The van der Waals surface area contributed by atoms with Gasteiger partial charge in [0.05, 0.1) is 17.6 Å². The molecule has 3 amide bonds. The van der Waals surface area contributed by atoms with Gasteiger partial charge >= 0.3 is 7.12 Å². The lowest BCUT2D eigenvalue weighted by Crippen LogP contribution is -2.65. The zero-order valence-corrected chi connectivity index (χ0v) is 25.9. The number of nitrogens with zero attached hydrogens (tertiary/aromatic N) is 1. The molecule has 9 heteroatoms. The molecule has 1 aromatic carbocycles. The van der Waals surface area contributed by atoms with Gasteiger partial charge in [-0.05, 0) is 81.1 Å². The molecular weight excluding hydrogens is 517 g/mol. The molecular formula is C32H48BN3O5. The number of likely N-dealkylation sites (tertiary alicyclic amines) is 1. The molecule has 5 aliphatic rings. The largest absolute Gasteiger partial charge is 0.481 e. The molecule has 3 aliphatic carbocycles. The van der Waals surface area contributed by atoms with Crippen LogP contribution in [-0.2, 0) is 30.1 Å². The predicted molar refractivity (Wildman–Crippen MR) is 159 cm³/mol. The Morgan fingerprint density at radius 3 is 2.44 bits per heavy atom. The molecule has 3 saturated carbocycles. The van der Waals surface area contributed by atoms with Gasteiger partial charge in [-0.2, -0.15) is 0 Å². The summed E-state index contributed by atoms with van der Waals surface area (Å²) < 4.78 is 13.4. The Labute approximate surface area is 245 Å². The van der Waals surface area contributed by atoms with Crippen molar-refractivity contribution in [1.29, 1.82) is 0 Å². The molecule has 224 valence electrons. The molecule has 2 bridgehead atoms. The Morgan fingerprint density at radius 2 is 1.80 bits per heavy atom. The first-order chi connectivity index (χ1) is 19.3. The van der Waals surface area contributed by atoms with Crippen molar-refractivity contribution in [3.63, 3.8) is 0 Å². The summed E-state index contributed by atoms with van der Waals surface area (Å²) in [7, 11) is -0.539. The smallest absolute Gasteiger partial charge is 0.404 e. The summed E-state index contributed by atoms with van der Waals surface area (Å²) in [6, 6.07) is 7.25. The molecule has 41 heavy (non-hydrogen) atoms. The lowest BCUT2D eigenvalue weighted by Gasteiger charge is -2.64. The van der Waals surface area contributed by atoms with E-state index in [1.165, 1.54) is 24.5 Å². The molecule has 8 nitrogen and oxygen atoms in total. The molecule has 0 radical (unpaired) electrons. The Hall–Kier alpha value is -2.39. The first-order valence-electron chi connectivity index (χ1n) is 15.6. The minimum Gasteiger partial charge on any atom is -0.404 e. The van der Waals surface area contributed by atoms with Gasteiger partial charge in [-0.25, -0.2) is 0 Å². The van der Waals surface area contributed by atoms with Crippen molar-refractivity contribution in [1.82, 2.24) is 15.5 Å². The van der Waals surface area contributed by atoms with Crippen molar-refractivity contribution in [2.75, 3.05) is 6.54 Å². The molecule has 1 aromatic rings. The van der Waals surface area contributed by atoms with Crippen LogP contribution in [-0.4, -0.2) is 66.0 Å². The van der Waals surface area contributed by atoms with E-state index in [1.54, 1.807) is 4.90 Å². The van der Waals surface area contributed by atoms with E-state index in [0.717, 1.165) is 19.3 Å². The fourth-order valence-electron chi connectivity index (χ4n) is 7.92. The van der Waals surface area contributed by atoms with Crippen molar-refractivity contribution in [3.8, 4) is 0 Å². The second-order valence-corrected chi connectivity index (χ2v) is 14.1. The van der Waals surface area contributed by atoms with Crippen LogP contribution in [0.1, 0.15) is 84.8 Å². The van der Waals surface area contributed by atoms with Crippen molar-refractivity contribution >= 4 is 24.8 Å². The highest BCUT2D eigenvalue weighted by molar-refractivity contribution is 6.48. The van der Waals surface area contributed by atoms with E-state index in [-0.39, 0.29) is 46.7 Å². The van der Waals surface area contributed by atoms with E-state index in [9.17, 15) is 14.4 Å². The van der Waals surface area contributed by atoms with E-state index >= 15 is 0 Å². The Balaban J connectivity index is 1.33. The van der Waals surface area contributed by atoms with Gasteiger partial charge < -0.3 is 24.8 Å². The highest BCUT2D eigenvalue weighted by atomic mass is 16.7. The van der Waals surface area contributed by atoms with Crippen LogP contribution in [0, 0.1) is 30.1 Å². The number of benzene rings is 1. The minimum atomic E-state index is -0.655. The van der Waals surface area contributed by atoms with Gasteiger partial charge in [0, 0.05) is 13.5 Å². The molecule has 2 aliphatic heterocycles. The first kappa shape index (κ1) is 30.1. The van der Waals surface area contributed by atoms with Gasteiger partial charge in [0.1, 0.15) is 12.1 Å². The number of rotatable bonds is 9. The third-order valence-electron chi connectivity index (χ3n) is 10.6. The van der Waals surface area contributed by atoms with E-state index < -0.39 is 19.2 Å². The highest BCUT2D eigenvalue weighted by Gasteiger charge is 2.68. The van der Waals surface area contributed by atoms with Crippen molar-refractivity contribution in [2.45, 2.75) is 117 Å². The summed E-state index contributed by atoms with van der Waals surface area (Å²) in [5, 5.41) is 6.07. The zero-order chi connectivity index (χ0) is 29.7.